The zero-order valence-corrected chi connectivity index (χ0v) is 5.91. The molecule has 48 valence electrons. The van der Waals surface area contributed by atoms with Gasteiger partial charge in [0.25, 0.3) is 0 Å². The molecular weight excluding hydrogens is 96.1 g/mol. The van der Waals surface area contributed by atoms with Crippen molar-refractivity contribution < 1.29 is 0 Å². The van der Waals surface area contributed by atoms with Crippen LogP contribution in [0.4, 0.5) is 0 Å². The van der Waals surface area contributed by atoms with Crippen LogP contribution >= 0.6 is 0 Å². The highest BCUT2D eigenvalue weighted by molar-refractivity contribution is 4.92. The lowest BCUT2D eigenvalue weighted by atomic mass is 9.63. The molecule has 1 aliphatic rings. The third kappa shape index (κ3) is 0.888. The molecule has 0 heterocycles. The molecule has 0 N–H and O–H groups in total. The summed E-state index contributed by atoms with van der Waals surface area (Å²) in [6.07, 6.45) is 3.96. The maximum absolute atomic E-state index is 4.14. The van der Waals surface area contributed by atoms with E-state index in [9.17, 15) is 0 Å². The third-order valence-electron chi connectivity index (χ3n) is 2.31. The maximum atomic E-state index is 4.14. The first-order chi connectivity index (χ1) is 3.66. The Labute approximate surface area is 52.3 Å². The Bertz CT molecular complexity index is 78.0. The van der Waals surface area contributed by atoms with Crippen LogP contribution in [0.5, 0.6) is 0 Å². The summed E-state index contributed by atoms with van der Waals surface area (Å²) in [5.41, 5.74) is 0.486. The van der Waals surface area contributed by atoms with Gasteiger partial charge in [-0.05, 0) is 5.92 Å². The average Bonchev–Trinajstić information content (AvgIpc) is 1.63. The Balaban J connectivity index is 2.30. The topological polar surface area (TPSA) is 0 Å². The Morgan fingerprint density at radius 2 is 2.12 bits per heavy atom. The zero-order chi connectivity index (χ0) is 6.20. The first kappa shape index (κ1) is 6.12. The smallest absolute Gasteiger partial charge is 0.0482 e. The number of rotatable bonds is 1. The van der Waals surface area contributed by atoms with Gasteiger partial charge < -0.3 is 6.92 Å². The molecule has 0 spiro atoms. The quantitative estimate of drug-likeness (QED) is 0.456. The summed E-state index contributed by atoms with van der Waals surface area (Å²) in [4.78, 5) is 0. The summed E-state index contributed by atoms with van der Waals surface area (Å²) < 4.78 is 0. The van der Waals surface area contributed by atoms with Crippen LogP contribution in [0.1, 0.15) is 33.1 Å². The van der Waals surface area contributed by atoms with Gasteiger partial charge in [-0.1, -0.05) is 33.1 Å². The fraction of sp³-hybridized carbons (Fsp3) is 0.875. The van der Waals surface area contributed by atoms with E-state index in [0.29, 0.717) is 5.41 Å². The van der Waals surface area contributed by atoms with Gasteiger partial charge in [0.1, 0.15) is 0 Å². The average molecular weight is 111 g/mol. The Morgan fingerprint density at radius 3 is 2.25 bits per heavy atom. The van der Waals surface area contributed by atoms with E-state index in [0.717, 1.165) is 5.92 Å². The van der Waals surface area contributed by atoms with E-state index in [2.05, 4.69) is 20.8 Å². The SMILES string of the molecule is [CH2-]C1(CC)CC(C)C1. The Hall–Kier alpha value is 0. The normalized spacial score (nSPS) is 46.1. The second-order valence-electron chi connectivity index (χ2n) is 3.37. The summed E-state index contributed by atoms with van der Waals surface area (Å²) in [5.74, 6) is 0.951. The molecule has 1 fully saturated rings. The van der Waals surface area contributed by atoms with Gasteiger partial charge in [0.2, 0.25) is 0 Å². The van der Waals surface area contributed by atoms with Gasteiger partial charge in [-0.25, -0.2) is 0 Å². The molecule has 0 nitrogen and oxygen atoms in total. The van der Waals surface area contributed by atoms with Gasteiger partial charge in [-0.3, -0.25) is 0 Å². The first-order valence-electron chi connectivity index (χ1n) is 3.52. The van der Waals surface area contributed by atoms with Gasteiger partial charge in [0, 0.05) is 0 Å². The monoisotopic (exact) mass is 111 g/mol. The maximum Gasteiger partial charge on any atom is -0.0482 e. The van der Waals surface area contributed by atoms with Crippen molar-refractivity contribution in [2.45, 2.75) is 33.1 Å². The molecule has 0 radical (unpaired) electrons. The molecule has 0 aromatic carbocycles. The van der Waals surface area contributed by atoms with Crippen molar-refractivity contribution in [3.8, 4) is 0 Å². The predicted molar refractivity (Wildman–Crippen MR) is 36.5 cm³/mol. The molecule has 0 amide bonds. The van der Waals surface area contributed by atoms with Crippen LogP contribution in [0.2, 0.25) is 0 Å². The molecule has 8 heavy (non-hydrogen) atoms. The van der Waals surface area contributed by atoms with Gasteiger partial charge in [-0.2, -0.15) is 5.41 Å². The van der Waals surface area contributed by atoms with E-state index in [1.165, 1.54) is 19.3 Å². The van der Waals surface area contributed by atoms with Crippen molar-refractivity contribution in [2.75, 3.05) is 0 Å². The Kier molecular flexibility index (Phi) is 1.34. The standard InChI is InChI=1S/C8H15/c1-4-8(3)5-7(2)6-8/h7H,3-6H2,1-2H3/q-1. The molecule has 0 heteroatoms. The molecule has 1 rings (SSSR count). The molecule has 1 aliphatic carbocycles. The highest BCUT2D eigenvalue weighted by Gasteiger charge is 2.28. The zero-order valence-electron chi connectivity index (χ0n) is 5.91. The molecule has 0 saturated heterocycles. The number of hydrogen-bond donors (Lipinski definition) is 0. The van der Waals surface area contributed by atoms with E-state index >= 15 is 0 Å². The highest BCUT2D eigenvalue weighted by Crippen LogP contribution is 2.46. The molecule has 0 aromatic rings. The lowest BCUT2D eigenvalue weighted by molar-refractivity contribution is 0.114. The van der Waals surface area contributed by atoms with E-state index in [1.807, 2.05) is 0 Å². The van der Waals surface area contributed by atoms with Crippen LogP contribution in [0.3, 0.4) is 0 Å². The second-order valence-corrected chi connectivity index (χ2v) is 3.37. The number of hydrogen-bond acceptors (Lipinski definition) is 0. The fourth-order valence-electron chi connectivity index (χ4n) is 1.71. The summed E-state index contributed by atoms with van der Waals surface area (Å²) in [5, 5.41) is 0. The van der Waals surface area contributed by atoms with Crippen LogP contribution in [-0.4, -0.2) is 0 Å². The summed E-state index contributed by atoms with van der Waals surface area (Å²) >= 11 is 0. The van der Waals surface area contributed by atoms with E-state index < -0.39 is 0 Å². The largest absolute Gasteiger partial charge is 0.337 e. The lowest BCUT2D eigenvalue weighted by Crippen LogP contribution is -2.32. The van der Waals surface area contributed by atoms with Gasteiger partial charge in [-0.15, -0.1) is 0 Å². The van der Waals surface area contributed by atoms with Crippen LogP contribution in [0.25, 0.3) is 0 Å². The second kappa shape index (κ2) is 1.75. The van der Waals surface area contributed by atoms with E-state index in [-0.39, 0.29) is 0 Å². The van der Waals surface area contributed by atoms with E-state index in [1.54, 1.807) is 0 Å². The molecule has 0 unspecified atom stereocenters. The minimum Gasteiger partial charge on any atom is -0.337 e. The molecule has 1 saturated carbocycles. The summed E-state index contributed by atoms with van der Waals surface area (Å²) in [6, 6.07) is 0. The molecule has 0 aliphatic heterocycles. The molecule has 0 atom stereocenters. The van der Waals surface area contributed by atoms with Crippen LogP contribution < -0.4 is 0 Å². The van der Waals surface area contributed by atoms with Crippen molar-refractivity contribution in [3.05, 3.63) is 6.92 Å². The van der Waals surface area contributed by atoms with Gasteiger partial charge in [0.05, 0.1) is 0 Å². The highest BCUT2D eigenvalue weighted by atomic mass is 14.4. The third-order valence-corrected chi connectivity index (χ3v) is 2.31. The van der Waals surface area contributed by atoms with Crippen molar-refractivity contribution >= 4 is 0 Å². The minimum absolute atomic E-state index is 0.486. The Morgan fingerprint density at radius 1 is 1.62 bits per heavy atom. The van der Waals surface area contributed by atoms with E-state index in [4.69, 9.17) is 0 Å². The summed E-state index contributed by atoms with van der Waals surface area (Å²) in [7, 11) is 0. The fourth-order valence-corrected chi connectivity index (χ4v) is 1.71. The van der Waals surface area contributed by atoms with Crippen molar-refractivity contribution in [2.24, 2.45) is 11.3 Å². The molecular formula is C8H15-. The first-order valence-corrected chi connectivity index (χ1v) is 3.52. The van der Waals surface area contributed by atoms with Crippen LogP contribution in [0.15, 0.2) is 0 Å². The van der Waals surface area contributed by atoms with Crippen LogP contribution in [0, 0.1) is 18.3 Å². The van der Waals surface area contributed by atoms with Crippen molar-refractivity contribution in [1.82, 2.24) is 0 Å². The summed E-state index contributed by atoms with van der Waals surface area (Å²) in [6.45, 7) is 8.68. The van der Waals surface area contributed by atoms with Gasteiger partial charge in [0.15, 0.2) is 0 Å². The van der Waals surface area contributed by atoms with Crippen molar-refractivity contribution in [3.63, 3.8) is 0 Å². The minimum atomic E-state index is 0.486. The molecule has 0 aromatic heterocycles. The van der Waals surface area contributed by atoms with Gasteiger partial charge >= 0.3 is 0 Å². The predicted octanol–water partition coefficient (Wildman–Crippen LogP) is 2.65. The lowest BCUT2D eigenvalue weighted by Gasteiger charge is -2.50. The van der Waals surface area contributed by atoms with Crippen molar-refractivity contribution in [1.29, 1.82) is 0 Å². The molecule has 0 bridgehead atoms. The van der Waals surface area contributed by atoms with Crippen LogP contribution in [-0.2, 0) is 0 Å².